The van der Waals surface area contributed by atoms with Crippen molar-refractivity contribution in [2.45, 2.75) is 25.3 Å². The summed E-state index contributed by atoms with van der Waals surface area (Å²) in [6, 6.07) is 3.18. The van der Waals surface area contributed by atoms with Crippen LogP contribution in [-0.4, -0.2) is 40.0 Å². The lowest BCUT2D eigenvalue weighted by molar-refractivity contribution is 0.0646. The summed E-state index contributed by atoms with van der Waals surface area (Å²) in [6.45, 7) is 0. The summed E-state index contributed by atoms with van der Waals surface area (Å²) >= 11 is 0. The van der Waals surface area contributed by atoms with Crippen molar-refractivity contribution in [1.82, 2.24) is 9.88 Å². The van der Waals surface area contributed by atoms with E-state index in [4.69, 9.17) is 5.11 Å². The van der Waals surface area contributed by atoms with Crippen LogP contribution in [0.15, 0.2) is 18.3 Å². The molecule has 0 aliphatic heterocycles. The summed E-state index contributed by atoms with van der Waals surface area (Å²) in [4.78, 5) is 28.1. The second kappa shape index (κ2) is 4.53. The van der Waals surface area contributed by atoms with Gasteiger partial charge in [0.2, 0.25) is 0 Å². The number of amides is 1. The summed E-state index contributed by atoms with van der Waals surface area (Å²) in [5.41, 5.74) is 0.386. The number of hydrogen-bond acceptors (Lipinski definition) is 3. The third-order valence-corrected chi connectivity index (χ3v) is 3.17. The first-order valence-corrected chi connectivity index (χ1v) is 5.56. The topological polar surface area (TPSA) is 70.5 Å². The van der Waals surface area contributed by atoms with Gasteiger partial charge in [-0.25, -0.2) is 9.78 Å². The molecule has 1 fully saturated rings. The van der Waals surface area contributed by atoms with Crippen molar-refractivity contribution in [1.29, 1.82) is 0 Å². The Labute approximate surface area is 99.1 Å². The van der Waals surface area contributed by atoms with Crippen molar-refractivity contribution in [3.8, 4) is 0 Å². The number of aromatic nitrogens is 1. The molecule has 5 nitrogen and oxygen atoms in total. The number of nitrogens with zero attached hydrogens (tertiary/aromatic N) is 2. The molecule has 1 amide bonds. The predicted molar refractivity (Wildman–Crippen MR) is 60.9 cm³/mol. The first kappa shape index (κ1) is 11.6. The number of pyridine rings is 1. The lowest BCUT2D eigenvalue weighted by Crippen LogP contribution is -2.41. The highest BCUT2D eigenvalue weighted by atomic mass is 16.4. The zero-order chi connectivity index (χ0) is 12.4. The Hall–Kier alpha value is -1.91. The van der Waals surface area contributed by atoms with E-state index in [2.05, 4.69) is 4.98 Å². The van der Waals surface area contributed by atoms with Gasteiger partial charge in [-0.15, -0.1) is 0 Å². The molecule has 5 heteroatoms. The monoisotopic (exact) mass is 234 g/mol. The van der Waals surface area contributed by atoms with E-state index in [0.29, 0.717) is 11.6 Å². The Kier molecular flexibility index (Phi) is 3.08. The fourth-order valence-electron chi connectivity index (χ4n) is 1.79. The molecule has 2 rings (SSSR count). The molecule has 0 bridgehead atoms. The molecule has 0 spiro atoms. The number of carbonyl (C=O) groups is 2. The minimum Gasteiger partial charge on any atom is -0.477 e. The molecular weight excluding hydrogens is 220 g/mol. The van der Waals surface area contributed by atoms with E-state index in [9.17, 15) is 9.59 Å². The quantitative estimate of drug-likeness (QED) is 0.858. The van der Waals surface area contributed by atoms with Gasteiger partial charge in [0.25, 0.3) is 5.91 Å². The van der Waals surface area contributed by atoms with Gasteiger partial charge in [-0.2, -0.15) is 0 Å². The van der Waals surface area contributed by atoms with Crippen LogP contribution in [0.1, 0.15) is 40.1 Å². The number of rotatable bonds is 3. The molecule has 1 heterocycles. The highest BCUT2D eigenvalue weighted by Gasteiger charge is 2.26. The average Bonchev–Trinajstić information content (AvgIpc) is 2.25. The normalized spacial score (nSPS) is 15.1. The summed E-state index contributed by atoms with van der Waals surface area (Å²) in [5.74, 6) is -1.18. The Bertz CT molecular complexity index is 438. The molecule has 1 aromatic rings. The highest BCUT2D eigenvalue weighted by Crippen LogP contribution is 2.24. The Morgan fingerprint density at radius 3 is 2.53 bits per heavy atom. The van der Waals surface area contributed by atoms with Gasteiger partial charge in [0.1, 0.15) is 5.69 Å². The highest BCUT2D eigenvalue weighted by molar-refractivity contribution is 5.95. The second-order valence-corrected chi connectivity index (χ2v) is 4.24. The van der Waals surface area contributed by atoms with Crippen LogP contribution in [-0.2, 0) is 0 Å². The molecule has 90 valence electrons. The van der Waals surface area contributed by atoms with Gasteiger partial charge >= 0.3 is 5.97 Å². The molecule has 1 aliphatic carbocycles. The van der Waals surface area contributed by atoms with Gasteiger partial charge in [0.05, 0.1) is 5.56 Å². The van der Waals surface area contributed by atoms with Crippen molar-refractivity contribution in [3.63, 3.8) is 0 Å². The van der Waals surface area contributed by atoms with Crippen molar-refractivity contribution >= 4 is 11.9 Å². The predicted octanol–water partition coefficient (Wildman–Crippen LogP) is 1.40. The summed E-state index contributed by atoms with van der Waals surface area (Å²) in [5, 5.41) is 8.70. The van der Waals surface area contributed by atoms with E-state index in [-0.39, 0.29) is 11.6 Å². The van der Waals surface area contributed by atoms with Gasteiger partial charge in [-0.05, 0) is 31.4 Å². The van der Waals surface area contributed by atoms with Gasteiger partial charge < -0.3 is 10.0 Å². The van der Waals surface area contributed by atoms with E-state index >= 15 is 0 Å². The number of carboxylic acids is 1. The maximum atomic E-state index is 12.0. The largest absolute Gasteiger partial charge is 0.477 e. The van der Waals surface area contributed by atoms with Crippen molar-refractivity contribution < 1.29 is 14.7 Å². The smallest absolute Gasteiger partial charge is 0.354 e. The van der Waals surface area contributed by atoms with E-state index in [1.165, 1.54) is 24.8 Å². The van der Waals surface area contributed by atoms with Crippen LogP contribution in [0.3, 0.4) is 0 Å². The molecule has 17 heavy (non-hydrogen) atoms. The maximum absolute atomic E-state index is 12.0. The molecule has 0 saturated heterocycles. The SMILES string of the molecule is CN(C(=O)c1ccc(C(=O)O)nc1)C1CCC1. The van der Waals surface area contributed by atoms with Gasteiger partial charge in [-0.3, -0.25) is 4.79 Å². The lowest BCUT2D eigenvalue weighted by Gasteiger charge is -2.34. The molecule has 1 N–H and O–H groups in total. The van der Waals surface area contributed by atoms with Crippen LogP contribution in [0.25, 0.3) is 0 Å². The van der Waals surface area contributed by atoms with Crippen LogP contribution in [0.2, 0.25) is 0 Å². The van der Waals surface area contributed by atoms with Crippen molar-refractivity contribution in [2.24, 2.45) is 0 Å². The zero-order valence-corrected chi connectivity index (χ0v) is 9.59. The first-order valence-electron chi connectivity index (χ1n) is 5.56. The molecule has 1 aromatic heterocycles. The van der Waals surface area contributed by atoms with Crippen LogP contribution < -0.4 is 0 Å². The molecule has 0 aromatic carbocycles. The number of carbonyl (C=O) groups excluding carboxylic acids is 1. The second-order valence-electron chi connectivity index (χ2n) is 4.24. The molecule has 1 aliphatic rings. The van der Waals surface area contributed by atoms with E-state index < -0.39 is 5.97 Å². The Morgan fingerprint density at radius 2 is 2.12 bits per heavy atom. The maximum Gasteiger partial charge on any atom is 0.354 e. The van der Waals surface area contributed by atoms with Crippen LogP contribution in [0.4, 0.5) is 0 Å². The minimum absolute atomic E-state index is 0.0483. The van der Waals surface area contributed by atoms with Crippen molar-refractivity contribution in [3.05, 3.63) is 29.6 Å². The third-order valence-electron chi connectivity index (χ3n) is 3.17. The van der Waals surface area contributed by atoms with Crippen LogP contribution >= 0.6 is 0 Å². The third kappa shape index (κ3) is 2.27. The number of hydrogen-bond donors (Lipinski definition) is 1. The van der Waals surface area contributed by atoms with Crippen LogP contribution in [0, 0.1) is 0 Å². The Balaban J connectivity index is 2.10. The molecular formula is C12H14N2O3. The average molecular weight is 234 g/mol. The molecule has 1 saturated carbocycles. The fraction of sp³-hybridized carbons (Fsp3) is 0.417. The van der Waals surface area contributed by atoms with Crippen molar-refractivity contribution in [2.75, 3.05) is 7.05 Å². The fourth-order valence-corrected chi connectivity index (χ4v) is 1.79. The summed E-state index contributed by atoms with van der Waals surface area (Å²) in [6.07, 6.45) is 4.57. The van der Waals surface area contributed by atoms with E-state index in [1.807, 2.05) is 0 Å². The van der Waals surface area contributed by atoms with E-state index in [0.717, 1.165) is 12.8 Å². The molecule has 0 unspecified atom stereocenters. The van der Waals surface area contributed by atoms with Gasteiger partial charge in [0, 0.05) is 19.3 Å². The summed E-state index contributed by atoms with van der Waals surface area (Å²) in [7, 11) is 1.78. The zero-order valence-electron chi connectivity index (χ0n) is 9.59. The first-order chi connectivity index (χ1) is 8.09. The standard InChI is InChI=1S/C12H14N2O3/c1-14(9-3-2-4-9)11(15)8-5-6-10(12(16)17)13-7-8/h5-7,9H,2-4H2,1H3,(H,16,17). The Morgan fingerprint density at radius 1 is 1.41 bits per heavy atom. The minimum atomic E-state index is -1.09. The molecule has 0 radical (unpaired) electrons. The van der Waals surface area contributed by atoms with Gasteiger partial charge in [0.15, 0.2) is 0 Å². The molecule has 0 atom stereocenters. The van der Waals surface area contributed by atoms with Crippen LogP contribution in [0.5, 0.6) is 0 Å². The summed E-state index contributed by atoms with van der Waals surface area (Å²) < 4.78 is 0. The number of carboxylic acid groups (broad SMARTS) is 1. The van der Waals surface area contributed by atoms with E-state index in [1.54, 1.807) is 11.9 Å². The van der Waals surface area contributed by atoms with Gasteiger partial charge in [-0.1, -0.05) is 0 Å². The lowest BCUT2D eigenvalue weighted by atomic mass is 9.91. The number of aromatic carboxylic acids is 1.